The van der Waals surface area contributed by atoms with Gasteiger partial charge in [0, 0.05) is 9.75 Å². The highest BCUT2D eigenvalue weighted by Gasteiger charge is 2.15. The van der Waals surface area contributed by atoms with Crippen LogP contribution in [0.25, 0.3) is 21.6 Å². The molecule has 0 bridgehead atoms. The number of urea groups is 1. The molecule has 2 aromatic carbocycles. The number of benzene rings is 2. The average Bonchev–Trinajstić information content (AvgIpc) is 3.05. The number of carbonyl (C=O) groups is 2. The minimum absolute atomic E-state index is 0.181. The zero-order valence-corrected chi connectivity index (χ0v) is 14.2. The van der Waals surface area contributed by atoms with Gasteiger partial charge in [-0.15, -0.1) is 11.3 Å². The molecule has 0 aliphatic heterocycles. The molecule has 5 N–H and O–H groups in total. The van der Waals surface area contributed by atoms with Gasteiger partial charge < -0.3 is 16.8 Å². The number of amides is 3. The van der Waals surface area contributed by atoms with Crippen molar-refractivity contribution in [1.82, 2.24) is 5.32 Å². The van der Waals surface area contributed by atoms with E-state index in [4.69, 9.17) is 11.5 Å². The van der Waals surface area contributed by atoms with E-state index < -0.39 is 11.9 Å². The fourth-order valence-electron chi connectivity index (χ4n) is 2.54. The minimum Gasteiger partial charge on any atom is -0.366 e. The first-order chi connectivity index (χ1) is 12.0. The van der Waals surface area contributed by atoms with Gasteiger partial charge in [0.05, 0.1) is 12.1 Å². The van der Waals surface area contributed by atoms with Crippen molar-refractivity contribution >= 4 is 23.3 Å². The van der Waals surface area contributed by atoms with Gasteiger partial charge in [0.15, 0.2) is 0 Å². The van der Waals surface area contributed by atoms with Crippen molar-refractivity contribution in [2.24, 2.45) is 11.5 Å². The van der Waals surface area contributed by atoms with E-state index >= 15 is 0 Å². The average molecular weight is 351 g/mol. The molecule has 0 unspecified atom stereocenters. The SMILES string of the molecule is NC(=O)NCc1sc(-c2ccc(-c3ccccc3)cc2)cc1C(N)=O. The van der Waals surface area contributed by atoms with Crippen LogP contribution >= 0.6 is 11.3 Å². The first-order valence-corrected chi connectivity index (χ1v) is 8.48. The zero-order chi connectivity index (χ0) is 17.8. The van der Waals surface area contributed by atoms with Gasteiger partial charge >= 0.3 is 6.03 Å². The van der Waals surface area contributed by atoms with Gasteiger partial charge in [-0.05, 0) is 22.8 Å². The molecule has 0 fully saturated rings. The maximum Gasteiger partial charge on any atom is 0.312 e. The molecule has 1 heterocycles. The molecule has 0 saturated carbocycles. The third kappa shape index (κ3) is 3.87. The summed E-state index contributed by atoms with van der Waals surface area (Å²) in [5.41, 5.74) is 14.2. The lowest BCUT2D eigenvalue weighted by Gasteiger charge is -2.03. The predicted molar refractivity (Wildman–Crippen MR) is 100 cm³/mol. The van der Waals surface area contributed by atoms with E-state index in [9.17, 15) is 9.59 Å². The third-order valence-corrected chi connectivity index (χ3v) is 4.96. The smallest absolute Gasteiger partial charge is 0.312 e. The molecule has 0 aliphatic carbocycles. The number of hydrogen-bond donors (Lipinski definition) is 3. The van der Waals surface area contributed by atoms with Crippen molar-refractivity contribution in [3.05, 3.63) is 71.1 Å². The van der Waals surface area contributed by atoms with Crippen molar-refractivity contribution in [2.45, 2.75) is 6.54 Å². The molecule has 3 amide bonds. The van der Waals surface area contributed by atoms with E-state index in [-0.39, 0.29) is 6.54 Å². The fraction of sp³-hybridized carbons (Fsp3) is 0.0526. The van der Waals surface area contributed by atoms with Crippen LogP contribution in [0, 0.1) is 0 Å². The number of carbonyl (C=O) groups excluding carboxylic acids is 2. The van der Waals surface area contributed by atoms with Gasteiger partial charge in [0.25, 0.3) is 0 Å². The summed E-state index contributed by atoms with van der Waals surface area (Å²) < 4.78 is 0. The van der Waals surface area contributed by atoms with E-state index in [1.54, 1.807) is 6.07 Å². The standard InChI is InChI=1S/C19H17N3O2S/c20-18(23)15-10-16(25-17(15)11-22-19(21)24)14-8-6-13(7-9-14)12-4-2-1-3-5-12/h1-10H,11H2,(H2,20,23)(H3,21,22,24). The van der Waals surface area contributed by atoms with Crippen LogP contribution in [0.15, 0.2) is 60.7 Å². The molecule has 1 aromatic heterocycles. The Morgan fingerprint density at radius 2 is 1.48 bits per heavy atom. The molecule has 6 heteroatoms. The molecule has 126 valence electrons. The van der Waals surface area contributed by atoms with Crippen molar-refractivity contribution in [2.75, 3.05) is 0 Å². The van der Waals surface area contributed by atoms with E-state index in [2.05, 4.69) is 17.4 Å². The van der Waals surface area contributed by atoms with Crippen LogP contribution < -0.4 is 16.8 Å². The quantitative estimate of drug-likeness (QED) is 0.657. The van der Waals surface area contributed by atoms with Crippen molar-refractivity contribution in [3.63, 3.8) is 0 Å². The van der Waals surface area contributed by atoms with Crippen LogP contribution in [0.5, 0.6) is 0 Å². The largest absolute Gasteiger partial charge is 0.366 e. The summed E-state index contributed by atoms with van der Waals surface area (Å²) in [6.07, 6.45) is 0. The van der Waals surface area contributed by atoms with E-state index in [0.717, 1.165) is 21.6 Å². The first kappa shape index (κ1) is 16.7. The molecule has 5 nitrogen and oxygen atoms in total. The molecule has 3 aromatic rings. The second kappa shape index (κ2) is 7.19. The number of rotatable bonds is 5. The Balaban J connectivity index is 1.89. The van der Waals surface area contributed by atoms with Gasteiger partial charge in [0.2, 0.25) is 5.91 Å². The van der Waals surface area contributed by atoms with Crippen molar-refractivity contribution in [1.29, 1.82) is 0 Å². The van der Waals surface area contributed by atoms with E-state index in [0.29, 0.717) is 10.4 Å². The molecule has 0 aliphatic rings. The molecule has 0 radical (unpaired) electrons. The van der Waals surface area contributed by atoms with E-state index in [1.165, 1.54) is 11.3 Å². The summed E-state index contributed by atoms with van der Waals surface area (Å²) in [7, 11) is 0. The number of nitrogens with one attached hydrogen (secondary N) is 1. The predicted octanol–water partition coefficient (Wildman–Crippen LogP) is 3.35. The van der Waals surface area contributed by atoms with E-state index in [1.807, 2.05) is 42.5 Å². The molecule has 0 spiro atoms. The Hall–Kier alpha value is -3.12. The fourth-order valence-corrected chi connectivity index (χ4v) is 3.65. The summed E-state index contributed by atoms with van der Waals surface area (Å²) in [4.78, 5) is 24.1. The second-order valence-corrected chi connectivity index (χ2v) is 6.61. The molecule has 0 atom stereocenters. The summed E-state index contributed by atoms with van der Waals surface area (Å²) in [6, 6.07) is 19.3. The minimum atomic E-state index is -0.641. The number of primary amides is 2. The maximum absolute atomic E-state index is 11.6. The highest BCUT2D eigenvalue weighted by Crippen LogP contribution is 2.33. The number of thiophene rings is 1. The Morgan fingerprint density at radius 3 is 2.08 bits per heavy atom. The third-order valence-electron chi connectivity index (χ3n) is 3.77. The zero-order valence-electron chi connectivity index (χ0n) is 13.4. The van der Waals surface area contributed by atoms with Crippen LogP contribution in [0.4, 0.5) is 4.79 Å². The summed E-state index contributed by atoms with van der Waals surface area (Å²) in [5.74, 6) is -0.523. The van der Waals surface area contributed by atoms with Crippen LogP contribution in [-0.2, 0) is 6.54 Å². The van der Waals surface area contributed by atoms with Crippen LogP contribution in [0.3, 0.4) is 0 Å². The second-order valence-electron chi connectivity index (χ2n) is 5.47. The molecular weight excluding hydrogens is 334 g/mol. The highest BCUT2D eigenvalue weighted by molar-refractivity contribution is 7.15. The van der Waals surface area contributed by atoms with Crippen LogP contribution in [0.2, 0.25) is 0 Å². The Labute approximate surface area is 149 Å². The number of hydrogen-bond acceptors (Lipinski definition) is 3. The lowest BCUT2D eigenvalue weighted by atomic mass is 10.0. The Bertz CT molecular complexity index is 902. The van der Waals surface area contributed by atoms with Crippen LogP contribution in [0.1, 0.15) is 15.2 Å². The number of nitrogens with two attached hydrogens (primary N) is 2. The maximum atomic E-state index is 11.6. The summed E-state index contributed by atoms with van der Waals surface area (Å²) in [5, 5.41) is 2.49. The molecule has 25 heavy (non-hydrogen) atoms. The summed E-state index contributed by atoms with van der Waals surface area (Å²) in [6.45, 7) is 0.181. The van der Waals surface area contributed by atoms with Gasteiger partial charge in [0.1, 0.15) is 0 Å². The van der Waals surface area contributed by atoms with Crippen LogP contribution in [-0.4, -0.2) is 11.9 Å². The molecule has 3 rings (SSSR count). The lowest BCUT2D eigenvalue weighted by Crippen LogP contribution is -2.29. The topological polar surface area (TPSA) is 98.2 Å². The normalized spacial score (nSPS) is 10.4. The lowest BCUT2D eigenvalue weighted by molar-refractivity contribution is 0.0999. The Morgan fingerprint density at radius 1 is 0.880 bits per heavy atom. The summed E-state index contributed by atoms with van der Waals surface area (Å²) >= 11 is 1.41. The van der Waals surface area contributed by atoms with Crippen molar-refractivity contribution < 1.29 is 9.59 Å². The first-order valence-electron chi connectivity index (χ1n) is 7.66. The molecule has 0 saturated heterocycles. The monoisotopic (exact) mass is 351 g/mol. The van der Waals surface area contributed by atoms with Gasteiger partial charge in [-0.25, -0.2) is 4.79 Å². The van der Waals surface area contributed by atoms with Gasteiger partial charge in [-0.3, -0.25) is 4.79 Å². The van der Waals surface area contributed by atoms with Gasteiger partial charge in [-0.1, -0.05) is 54.6 Å². The Kier molecular flexibility index (Phi) is 4.81. The highest BCUT2D eigenvalue weighted by atomic mass is 32.1. The van der Waals surface area contributed by atoms with Crippen molar-refractivity contribution in [3.8, 4) is 21.6 Å². The van der Waals surface area contributed by atoms with Gasteiger partial charge in [-0.2, -0.15) is 0 Å². The molecular formula is C19H17N3O2S.